The lowest BCUT2D eigenvalue weighted by Crippen LogP contribution is -2.45. The predicted molar refractivity (Wildman–Crippen MR) is 66.0 cm³/mol. The molecule has 1 aliphatic rings. The smallest absolute Gasteiger partial charge is 0.229 e. The first kappa shape index (κ1) is 12.8. The van der Waals surface area contributed by atoms with Gasteiger partial charge in [0.05, 0.1) is 5.41 Å². The van der Waals surface area contributed by atoms with Gasteiger partial charge in [-0.25, -0.2) is 0 Å². The SMILES string of the molecule is CSCCN(C)C(=O)C1(CN)CCCC1. The minimum Gasteiger partial charge on any atom is -0.344 e. The Kier molecular flexibility index (Phi) is 4.93. The van der Waals surface area contributed by atoms with Crippen molar-refractivity contribution >= 4 is 17.7 Å². The maximum absolute atomic E-state index is 12.2. The molecule has 0 aromatic rings. The van der Waals surface area contributed by atoms with Crippen LogP contribution in [0.2, 0.25) is 0 Å². The van der Waals surface area contributed by atoms with Gasteiger partial charge in [-0.1, -0.05) is 12.8 Å². The Morgan fingerprint density at radius 2 is 2.07 bits per heavy atom. The van der Waals surface area contributed by atoms with Crippen LogP contribution in [0.15, 0.2) is 0 Å². The lowest BCUT2D eigenvalue weighted by Gasteiger charge is -2.31. The number of amides is 1. The van der Waals surface area contributed by atoms with Gasteiger partial charge in [0, 0.05) is 25.9 Å². The molecule has 0 atom stereocenters. The fourth-order valence-corrected chi connectivity index (χ4v) is 2.75. The monoisotopic (exact) mass is 230 g/mol. The number of thioether (sulfide) groups is 1. The second-order valence-electron chi connectivity index (χ2n) is 4.41. The van der Waals surface area contributed by atoms with E-state index in [4.69, 9.17) is 5.73 Å². The van der Waals surface area contributed by atoms with Crippen LogP contribution >= 0.6 is 11.8 Å². The van der Waals surface area contributed by atoms with E-state index >= 15 is 0 Å². The molecule has 15 heavy (non-hydrogen) atoms. The van der Waals surface area contributed by atoms with Crippen LogP contribution in [0.3, 0.4) is 0 Å². The Morgan fingerprint density at radius 1 is 1.47 bits per heavy atom. The molecule has 1 saturated carbocycles. The molecule has 1 amide bonds. The first-order valence-electron chi connectivity index (χ1n) is 5.61. The van der Waals surface area contributed by atoms with Crippen molar-refractivity contribution in [2.75, 3.05) is 32.1 Å². The highest BCUT2D eigenvalue weighted by Crippen LogP contribution is 2.38. The summed E-state index contributed by atoms with van der Waals surface area (Å²) in [6.07, 6.45) is 6.32. The molecule has 1 aliphatic carbocycles. The fourth-order valence-electron chi connectivity index (χ4n) is 2.29. The summed E-state index contributed by atoms with van der Waals surface area (Å²) >= 11 is 1.77. The highest BCUT2D eigenvalue weighted by atomic mass is 32.2. The highest BCUT2D eigenvalue weighted by Gasteiger charge is 2.41. The fraction of sp³-hybridized carbons (Fsp3) is 0.909. The molecule has 0 saturated heterocycles. The van der Waals surface area contributed by atoms with Gasteiger partial charge in [0.2, 0.25) is 5.91 Å². The molecule has 0 radical (unpaired) electrons. The van der Waals surface area contributed by atoms with E-state index < -0.39 is 0 Å². The van der Waals surface area contributed by atoms with E-state index in [0.29, 0.717) is 6.54 Å². The molecule has 0 aromatic carbocycles. The summed E-state index contributed by atoms with van der Waals surface area (Å²) in [7, 11) is 1.90. The van der Waals surface area contributed by atoms with Crippen molar-refractivity contribution in [2.45, 2.75) is 25.7 Å². The maximum atomic E-state index is 12.2. The third kappa shape index (κ3) is 2.88. The average molecular weight is 230 g/mol. The van der Waals surface area contributed by atoms with Gasteiger partial charge in [-0.3, -0.25) is 4.79 Å². The second kappa shape index (κ2) is 5.75. The van der Waals surface area contributed by atoms with Crippen molar-refractivity contribution in [3.05, 3.63) is 0 Å². The summed E-state index contributed by atoms with van der Waals surface area (Å²) in [5, 5.41) is 0. The van der Waals surface area contributed by atoms with Crippen LogP contribution in [0, 0.1) is 5.41 Å². The van der Waals surface area contributed by atoms with E-state index in [1.165, 1.54) is 0 Å². The molecule has 0 spiro atoms. The van der Waals surface area contributed by atoms with Gasteiger partial charge in [-0.2, -0.15) is 11.8 Å². The van der Waals surface area contributed by atoms with Crippen LogP contribution in [0.4, 0.5) is 0 Å². The number of hydrogen-bond donors (Lipinski definition) is 1. The second-order valence-corrected chi connectivity index (χ2v) is 5.40. The summed E-state index contributed by atoms with van der Waals surface area (Å²) in [5.41, 5.74) is 5.55. The van der Waals surface area contributed by atoms with Gasteiger partial charge in [-0.15, -0.1) is 0 Å². The van der Waals surface area contributed by atoms with Crippen molar-refractivity contribution in [1.82, 2.24) is 4.90 Å². The first-order chi connectivity index (χ1) is 7.16. The summed E-state index contributed by atoms with van der Waals surface area (Å²) in [6, 6.07) is 0. The largest absolute Gasteiger partial charge is 0.344 e. The first-order valence-corrected chi connectivity index (χ1v) is 7.00. The molecule has 0 bridgehead atoms. The Bertz CT molecular complexity index is 215. The van der Waals surface area contributed by atoms with Crippen LogP contribution in [-0.2, 0) is 4.79 Å². The van der Waals surface area contributed by atoms with Gasteiger partial charge in [-0.05, 0) is 19.1 Å². The quantitative estimate of drug-likeness (QED) is 0.775. The van der Waals surface area contributed by atoms with Crippen molar-refractivity contribution in [2.24, 2.45) is 11.1 Å². The van der Waals surface area contributed by atoms with Gasteiger partial charge >= 0.3 is 0 Å². The Balaban J connectivity index is 2.56. The summed E-state index contributed by atoms with van der Waals surface area (Å²) < 4.78 is 0. The maximum Gasteiger partial charge on any atom is 0.229 e. The molecule has 88 valence electrons. The van der Waals surface area contributed by atoms with Gasteiger partial charge < -0.3 is 10.6 Å². The standard InChI is InChI=1S/C11H22N2OS/c1-13(7-8-15-2)10(14)11(9-12)5-3-4-6-11/h3-9,12H2,1-2H3. The zero-order valence-corrected chi connectivity index (χ0v) is 10.6. The summed E-state index contributed by atoms with van der Waals surface area (Å²) in [4.78, 5) is 14.1. The van der Waals surface area contributed by atoms with E-state index in [1.54, 1.807) is 11.8 Å². The van der Waals surface area contributed by atoms with Crippen molar-refractivity contribution in [3.8, 4) is 0 Å². The highest BCUT2D eigenvalue weighted by molar-refractivity contribution is 7.98. The van der Waals surface area contributed by atoms with E-state index in [-0.39, 0.29) is 11.3 Å². The topological polar surface area (TPSA) is 46.3 Å². The minimum atomic E-state index is -0.229. The van der Waals surface area contributed by atoms with Crippen LogP contribution in [0.25, 0.3) is 0 Å². The summed E-state index contributed by atoms with van der Waals surface area (Å²) in [6.45, 7) is 1.34. The van der Waals surface area contributed by atoms with Crippen molar-refractivity contribution in [3.63, 3.8) is 0 Å². The molecule has 4 heteroatoms. The minimum absolute atomic E-state index is 0.229. The molecular formula is C11H22N2OS. The molecular weight excluding hydrogens is 208 g/mol. The van der Waals surface area contributed by atoms with Crippen LogP contribution in [-0.4, -0.2) is 43.0 Å². The van der Waals surface area contributed by atoms with E-state index in [2.05, 4.69) is 6.26 Å². The summed E-state index contributed by atoms with van der Waals surface area (Å²) in [5.74, 6) is 1.26. The molecule has 1 fully saturated rings. The van der Waals surface area contributed by atoms with Crippen LogP contribution in [0.5, 0.6) is 0 Å². The molecule has 3 nitrogen and oxygen atoms in total. The zero-order valence-electron chi connectivity index (χ0n) is 9.79. The number of hydrogen-bond acceptors (Lipinski definition) is 3. The van der Waals surface area contributed by atoms with Crippen molar-refractivity contribution in [1.29, 1.82) is 0 Å². The number of nitrogens with two attached hydrogens (primary N) is 1. The average Bonchev–Trinajstić information content (AvgIpc) is 2.74. The molecule has 0 unspecified atom stereocenters. The van der Waals surface area contributed by atoms with E-state index in [9.17, 15) is 4.79 Å². The van der Waals surface area contributed by atoms with Crippen LogP contribution < -0.4 is 5.73 Å². The Morgan fingerprint density at radius 3 is 2.53 bits per heavy atom. The molecule has 1 rings (SSSR count). The third-order valence-electron chi connectivity index (χ3n) is 3.38. The van der Waals surface area contributed by atoms with E-state index in [0.717, 1.165) is 38.0 Å². The Hall–Kier alpha value is -0.220. The zero-order chi connectivity index (χ0) is 11.3. The number of nitrogens with zero attached hydrogens (tertiary/aromatic N) is 1. The predicted octanol–water partition coefficient (Wildman–Crippen LogP) is 1.33. The molecule has 0 aromatic heterocycles. The normalized spacial score (nSPS) is 19.1. The number of carbonyl (C=O) groups is 1. The number of rotatable bonds is 5. The van der Waals surface area contributed by atoms with Gasteiger partial charge in [0.1, 0.15) is 0 Å². The lowest BCUT2D eigenvalue weighted by molar-refractivity contribution is -0.139. The van der Waals surface area contributed by atoms with Gasteiger partial charge in [0.25, 0.3) is 0 Å². The Labute approximate surface area is 96.8 Å². The number of carbonyl (C=O) groups excluding carboxylic acids is 1. The molecule has 2 N–H and O–H groups in total. The lowest BCUT2D eigenvalue weighted by atomic mass is 9.85. The van der Waals surface area contributed by atoms with Crippen molar-refractivity contribution < 1.29 is 4.79 Å². The molecule has 0 aliphatic heterocycles. The third-order valence-corrected chi connectivity index (χ3v) is 3.97. The molecule has 0 heterocycles. The van der Waals surface area contributed by atoms with Gasteiger partial charge in [0.15, 0.2) is 0 Å². The van der Waals surface area contributed by atoms with Crippen LogP contribution in [0.1, 0.15) is 25.7 Å². The van der Waals surface area contributed by atoms with E-state index in [1.807, 2.05) is 11.9 Å².